The van der Waals surface area contributed by atoms with Crippen LogP contribution in [0.5, 0.6) is 5.75 Å². The van der Waals surface area contributed by atoms with E-state index in [0.717, 1.165) is 56.4 Å². The second-order valence-electron chi connectivity index (χ2n) is 6.53. The number of rotatable bonds is 6. The number of hydrogen-bond acceptors (Lipinski definition) is 5. The van der Waals surface area contributed by atoms with Crippen LogP contribution < -0.4 is 20.3 Å². The van der Waals surface area contributed by atoms with Gasteiger partial charge in [0.05, 0.1) is 12.8 Å². The third-order valence-electron chi connectivity index (χ3n) is 4.76. The van der Waals surface area contributed by atoms with Gasteiger partial charge in [0.1, 0.15) is 17.2 Å². The lowest BCUT2D eigenvalue weighted by Crippen LogP contribution is -2.44. The number of anilines is 1. The van der Waals surface area contributed by atoms with Crippen LogP contribution in [0.15, 0.2) is 48.7 Å². The summed E-state index contributed by atoms with van der Waals surface area (Å²) in [4.78, 5) is 7.18. The first kappa shape index (κ1) is 16.9. The molecule has 1 fully saturated rings. The van der Waals surface area contributed by atoms with Gasteiger partial charge in [-0.15, -0.1) is 0 Å². The van der Waals surface area contributed by atoms with E-state index < -0.39 is 0 Å². The van der Waals surface area contributed by atoms with Crippen LogP contribution in [0, 0.1) is 0 Å². The molecule has 0 spiro atoms. The van der Waals surface area contributed by atoms with Crippen molar-refractivity contribution in [3.8, 4) is 5.75 Å². The molecule has 0 radical (unpaired) electrons. The molecule has 3 aromatic rings. The molecule has 1 saturated heterocycles. The Bertz CT molecular complexity index is 852. The van der Waals surface area contributed by atoms with Gasteiger partial charge in [0.2, 0.25) is 0 Å². The van der Waals surface area contributed by atoms with E-state index in [0.29, 0.717) is 0 Å². The Morgan fingerprint density at radius 2 is 1.88 bits per heavy atom. The van der Waals surface area contributed by atoms with Gasteiger partial charge in [-0.1, -0.05) is 18.2 Å². The maximum absolute atomic E-state index is 5.20. The van der Waals surface area contributed by atoms with E-state index >= 15 is 0 Å². The zero-order valence-corrected chi connectivity index (χ0v) is 15.1. The van der Waals surface area contributed by atoms with Crippen LogP contribution in [0.1, 0.15) is 11.3 Å². The minimum atomic E-state index is 0.745. The van der Waals surface area contributed by atoms with E-state index in [-0.39, 0.29) is 0 Å². The second kappa shape index (κ2) is 7.76. The molecule has 0 atom stereocenters. The van der Waals surface area contributed by atoms with Gasteiger partial charge in [-0.05, 0) is 29.8 Å². The predicted molar refractivity (Wildman–Crippen MR) is 104 cm³/mol. The zero-order chi connectivity index (χ0) is 17.8. The minimum absolute atomic E-state index is 0.745. The van der Waals surface area contributed by atoms with Crippen molar-refractivity contribution in [1.29, 1.82) is 0 Å². The van der Waals surface area contributed by atoms with E-state index in [1.165, 1.54) is 11.4 Å². The number of methoxy groups -OCH3 is 1. The minimum Gasteiger partial charge on any atom is -0.497 e. The highest BCUT2D eigenvalue weighted by Gasteiger charge is 2.14. The Labute approximate surface area is 153 Å². The van der Waals surface area contributed by atoms with Crippen LogP contribution in [-0.4, -0.2) is 42.7 Å². The highest BCUT2D eigenvalue weighted by molar-refractivity contribution is 5.52. The summed E-state index contributed by atoms with van der Waals surface area (Å²) in [5.74, 6) is 2.10. The van der Waals surface area contributed by atoms with Crippen LogP contribution in [-0.2, 0) is 13.1 Å². The Morgan fingerprint density at radius 1 is 1.08 bits per heavy atom. The van der Waals surface area contributed by atoms with E-state index in [4.69, 9.17) is 9.72 Å². The Morgan fingerprint density at radius 3 is 2.65 bits per heavy atom. The average molecular weight is 351 g/mol. The van der Waals surface area contributed by atoms with Crippen molar-refractivity contribution < 1.29 is 4.74 Å². The van der Waals surface area contributed by atoms with Crippen molar-refractivity contribution in [2.24, 2.45) is 0 Å². The van der Waals surface area contributed by atoms with Gasteiger partial charge in [0.15, 0.2) is 0 Å². The van der Waals surface area contributed by atoms with Gasteiger partial charge in [-0.3, -0.25) is 4.40 Å². The van der Waals surface area contributed by atoms with E-state index in [9.17, 15) is 0 Å². The van der Waals surface area contributed by atoms with Crippen LogP contribution >= 0.6 is 0 Å². The van der Waals surface area contributed by atoms with Crippen LogP contribution in [0.2, 0.25) is 0 Å². The lowest BCUT2D eigenvalue weighted by Gasteiger charge is -2.29. The molecule has 2 N–H and O–H groups in total. The molecule has 6 heteroatoms. The highest BCUT2D eigenvalue weighted by Crippen LogP contribution is 2.18. The summed E-state index contributed by atoms with van der Waals surface area (Å²) >= 11 is 0. The first-order chi connectivity index (χ1) is 12.8. The SMILES string of the molecule is COc1ccc(CNCc2cn3c(N4CCNCC4)cccc3n2)cc1. The van der Waals surface area contributed by atoms with Gasteiger partial charge in [-0.2, -0.15) is 0 Å². The number of fused-ring (bicyclic) bond motifs is 1. The van der Waals surface area contributed by atoms with Crippen LogP contribution in [0.4, 0.5) is 5.82 Å². The number of ether oxygens (including phenoxy) is 1. The lowest BCUT2D eigenvalue weighted by atomic mass is 10.2. The quantitative estimate of drug-likeness (QED) is 0.712. The molecule has 136 valence electrons. The van der Waals surface area contributed by atoms with Crippen molar-refractivity contribution in [1.82, 2.24) is 20.0 Å². The van der Waals surface area contributed by atoms with Crippen LogP contribution in [0.3, 0.4) is 0 Å². The summed E-state index contributed by atoms with van der Waals surface area (Å²) in [7, 11) is 1.69. The van der Waals surface area contributed by atoms with Gasteiger partial charge < -0.3 is 20.3 Å². The number of nitrogens with one attached hydrogen (secondary N) is 2. The topological polar surface area (TPSA) is 53.8 Å². The fourth-order valence-electron chi connectivity index (χ4n) is 3.36. The average Bonchev–Trinajstić information content (AvgIpc) is 3.12. The maximum atomic E-state index is 5.20. The number of aromatic nitrogens is 2. The molecule has 2 aromatic heterocycles. The molecule has 1 aromatic carbocycles. The van der Waals surface area contributed by atoms with Gasteiger partial charge >= 0.3 is 0 Å². The summed E-state index contributed by atoms with van der Waals surface area (Å²) in [6.45, 7) is 5.67. The number of nitrogens with zero attached hydrogens (tertiary/aromatic N) is 3. The molecular formula is C20H25N5O. The Hall–Kier alpha value is -2.57. The summed E-state index contributed by atoms with van der Waals surface area (Å²) in [5.41, 5.74) is 3.29. The molecule has 0 unspecified atom stereocenters. The zero-order valence-electron chi connectivity index (χ0n) is 15.1. The van der Waals surface area contributed by atoms with Gasteiger partial charge in [0.25, 0.3) is 0 Å². The van der Waals surface area contributed by atoms with E-state index in [2.05, 4.69) is 56.5 Å². The number of pyridine rings is 1. The fourth-order valence-corrected chi connectivity index (χ4v) is 3.36. The number of imidazole rings is 1. The molecule has 0 aliphatic carbocycles. The summed E-state index contributed by atoms with van der Waals surface area (Å²) in [6.07, 6.45) is 2.15. The summed E-state index contributed by atoms with van der Waals surface area (Å²) < 4.78 is 7.40. The molecule has 0 bridgehead atoms. The maximum Gasteiger partial charge on any atom is 0.138 e. The number of benzene rings is 1. The molecule has 1 aliphatic heterocycles. The summed E-state index contributed by atoms with van der Waals surface area (Å²) in [6, 6.07) is 14.5. The van der Waals surface area contributed by atoms with Crippen molar-refractivity contribution >= 4 is 11.5 Å². The van der Waals surface area contributed by atoms with Crippen molar-refractivity contribution in [2.45, 2.75) is 13.1 Å². The predicted octanol–water partition coefficient (Wildman–Crippen LogP) is 2.04. The first-order valence-electron chi connectivity index (χ1n) is 9.10. The number of piperazine rings is 1. The third kappa shape index (κ3) is 3.66. The number of hydrogen-bond donors (Lipinski definition) is 2. The van der Waals surface area contributed by atoms with Crippen LogP contribution in [0.25, 0.3) is 5.65 Å². The van der Waals surface area contributed by atoms with Crippen molar-refractivity contribution in [2.75, 3.05) is 38.2 Å². The largest absolute Gasteiger partial charge is 0.497 e. The van der Waals surface area contributed by atoms with E-state index in [1.54, 1.807) is 7.11 Å². The Kier molecular flexibility index (Phi) is 5.04. The van der Waals surface area contributed by atoms with Crippen molar-refractivity contribution in [3.63, 3.8) is 0 Å². The molecule has 4 rings (SSSR count). The van der Waals surface area contributed by atoms with Crippen molar-refractivity contribution in [3.05, 3.63) is 59.9 Å². The smallest absolute Gasteiger partial charge is 0.138 e. The standard InChI is InChI=1S/C20H25N5O/c1-26-18-7-5-16(6-8-18)13-22-14-17-15-25-19(23-17)3-2-4-20(25)24-11-9-21-10-12-24/h2-8,15,21-22H,9-14H2,1H3. The molecule has 3 heterocycles. The summed E-state index contributed by atoms with van der Waals surface area (Å²) in [5, 5.41) is 6.88. The Balaban J connectivity index is 1.43. The van der Waals surface area contributed by atoms with E-state index in [1.807, 2.05) is 12.1 Å². The molecular weight excluding hydrogens is 326 g/mol. The first-order valence-corrected chi connectivity index (χ1v) is 9.10. The molecule has 26 heavy (non-hydrogen) atoms. The normalized spacial score (nSPS) is 14.7. The third-order valence-corrected chi connectivity index (χ3v) is 4.76. The highest BCUT2D eigenvalue weighted by atomic mass is 16.5. The monoisotopic (exact) mass is 351 g/mol. The fraction of sp³-hybridized carbons (Fsp3) is 0.350. The molecule has 0 amide bonds. The molecule has 1 aliphatic rings. The molecule has 0 saturated carbocycles. The van der Waals surface area contributed by atoms with Gasteiger partial charge in [-0.25, -0.2) is 4.98 Å². The van der Waals surface area contributed by atoms with Gasteiger partial charge in [0, 0.05) is 45.5 Å². The second-order valence-corrected chi connectivity index (χ2v) is 6.53. The molecule has 6 nitrogen and oxygen atoms in total. The lowest BCUT2D eigenvalue weighted by molar-refractivity contribution is 0.414.